The molecule has 1 unspecified atom stereocenters. The Morgan fingerprint density at radius 1 is 1.05 bits per heavy atom. The number of hydrogen-bond donors (Lipinski definition) is 0. The van der Waals surface area contributed by atoms with Crippen LogP contribution in [0.2, 0.25) is 5.02 Å². The van der Waals surface area contributed by atoms with E-state index >= 15 is 0 Å². The van der Waals surface area contributed by atoms with Crippen molar-refractivity contribution in [2.24, 2.45) is 0 Å². The maximum Gasteiger partial charge on any atom is 0.160 e. The number of thioether (sulfide) groups is 1. The Kier molecular flexibility index (Phi) is 4.71. The first-order valence-electron chi connectivity index (χ1n) is 5.46. The van der Waals surface area contributed by atoms with Crippen LogP contribution in [0.25, 0.3) is 0 Å². The number of alkyl halides is 1. The van der Waals surface area contributed by atoms with Crippen molar-refractivity contribution in [1.29, 1.82) is 0 Å². The summed E-state index contributed by atoms with van der Waals surface area (Å²) in [7, 11) is 0. The van der Waals surface area contributed by atoms with Crippen LogP contribution in [0.5, 0.6) is 0 Å². The van der Waals surface area contributed by atoms with Gasteiger partial charge in [0.15, 0.2) is 11.6 Å². The Bertz CT molecular complexity index is 602. The maximum atomic E-state index is 13.3. The molecule has 0 saturated carbocycles. The van der Waals surface area contributed by atoms with Crippen molar-refractivity contribution in [2.75, 3.05) is 6.26 Å². The lowest BCUT2D eigenvalue weighted by molar-refractivity contribution is 0.507. The molecule has 0 saturated heterocycles. The molecule has 5 heteroatoms. The average Bonchev–Trinajstić information content (AvgIpc) is 2.42. The Morgan fingerprint density at radius 2 is 1.68 bits per heavy atom. The monoisotopic (exact) mass is 318 g/mol. The molecule has 0 aliphatic heterocycles. The van der Waals surface area contributed by atoms with Gasteiger partial charge in [0, 0.05) is 9.92 Å². The Labute approximate surface area is 124 Å². The van der Waals surface area contributed by atoms with E-state index < -0.39 is 17.0 Å². The number of benzene rings is 2. The smallest absolute Gasteiger partial charge is 0.160 e. The van der Waals surface area contributed by atoms with Gasteiger partial charge in [-0.15, -0.1) is 23.4 Å². The highest BCUT2D eigenvalue weighted by Crippen LogP contribution is 2.38. The summed E-state index contributed by atoms with van der Waals surface area (Å²) in [5, 5.41) is -0.499. The number of halogens is 4. The van der Waals surface area contributed by atoms with E-state index in [0.29, 0.717) is 5.56 Å². The first-order chi connectivity index (χ1) is 9.04. The summed E-state index contributed by atoms with van der Waals surface area (Å²) in [4.78, 5) is 0.975. The summed E-state index contributed by atoms with van der Waals surface area (Å²) in [5.74, 6) is -1.93. The van der Waals surface area contributed by atoms with Gasteiger partial charge in [-0.3, -0.25) is 0 Å². The molecular weight excluding hydrogens is 309 g/mol. The zero-order chi connectivity index (χ0) is 14.0. The van der Waals surface area contributed by atoms with Crippen molar-refractivity contribution < 1.29 is 8.78 Å². The zero-order valence-electron chi connectivity index (χ0n) is 9.96. The molecule has 0 aromatic heterocycles. The minimum absolute atomic E-state index is 0.120. The van der Waals surface area contributed by atoms with Crippen LogP contribution in [0.15, 0.2) is 41.3 Å². The summed E-state index contributed by atoms with van der Waals surface area (Å²) in [6.45, 7) is 0. The van der Waals surface area contributed by atoms with Gasteiger partial charge >= 0.3 is 0 Å². The molecule has 0 radical (unpaired) electrons. The van der Waals surface area contributed by atoms with E-state index in [-0.39, 0.29) is 5.02 Å². The van der Waals surface area contributed by atoms with Gasteiger partial charge in [-0.2, -0.15) is 0 Å². The van der Waals surface area contributed by atoms with Crippen molar-refractivity contribution in [1.82, 2.24) is 0 Å². The molecule has 19 heavy (non-hydrogen) atoms. The van der Waals surface area contributed by atoms with Crippen LogP contribution >= 0.6 is 35.0 Å². The van der Waals surface area contributed by atoms with Crippen LogP contribution in [-0.4, -0.2) is 6.26 Å². The highest BCUT2D eigenvalue weighted by atomic mass is 35.5. The van der Waals surface area contributed by atoms with Crippen molar-refractivity contribution in [3.63, 3.8) is 0 Å². The summed E-state index contributed by atoms with van der Waals surface area (Å²) in [6.07, 6.45) is 1.93. The molecule has 0 fully saturated rings. The number of hydrogen-bond acceptors (Lipinski definition) is 1. The second kappa shape index (κ2) is 6.12. The van der Waals surface area contributed by atoms with Gasteiger partial charge in [0.25, 0.3) is 0 Å². The third-order valence-corrected chi connectivity index (χ3v) is 4.33. The molecule has 100 valence electrons. The van der Waals surface area contributed by atoms with Crippen LogP contribution in [0.3, 0.4) is 0 Å². The Balaban J connectivity index is 2.50. The predicted molar refractivity (Wildman–Crippen MR) is 77.3 cm³/mol. The summed E-state index contributed by atoms with van der Waals surface area (Å²) >= 11 is 13.8. The van der Waals surface area contributed by atoms with Crippen LogP contribution in [0.1, 0.15) is 16.5 Å². The third kappa shape index (κ3) is 3.04. The lowest BCUT2D eigenvalue weighted by atomic mass is 10.0. The third-order valence-electron chi connectivity index (χ3n) is 2.72. The molecule has 1 atom stereocenters. The highest BCUT2D eigenvalue weighted by molar-refractivity contribution is 7.98. The Hall–Kier alpha value is -0.770. The molecular formula is C14H10Cl2F2S. The molecule has 2 aromatic carbocycles. The van der Waals surface area contributed by atoms with E-state index in [2.05, 4.69) is 0 Å². The normalized spacial score (nSPS) is 12.5. The molecule has 0 bridgehead atoms. The number of rotatable bonds is 3. The van der Waals surface area contributed by atoms with Gasteiger partial charge < -0.3 is 0 Å². The fourth-order valence-electron chi connectivity index (χ4n) is 1.78. The molecule has 0 N–H and O–H groups in total. The quantitative estimate of drug-likeness (QED) is 0.399. The summed E-state index contributed by atoms with van der Waals surface area (Å²) in [6, 6.07) is 9.50. The molecule has 0 spiro atoms. The molecule has 0 aliphatic carbocycles. The summed E-state index contributed by atoms with van der Waals surface area (Å²) in [5.41, 5.74) is 1.19. The van der Waals surface area contributed by atoms with E-state index in [9.17, 15) is 8.78 Å². The van der Waals surface area contributed by atoms with Crippen molar-refractivity contribution in [2.45, 2.75) is 10.3 Å². The highest BCUT2D eigenvalue weighted by Gasteiger charge is 2.19. The predicted octanol–water partition coefficient (Wildman–Crippen LogP) is 5.67. The van der Waals surface area contributed by atoms with E-state index in [1.165, 1.54) is 11.8 Å². The average molecular weight is 319 g/mol. The van der Waals surface area contributed by atoms with Crippen LogP contribution < -0.4 is 0 Å². The molecule has 0 nitrogen and oxygen atoms in total. The molecule has 0 aliphatic rings. The van der Waals surface area contributed by atoms with Gasteiger partial charge in [0.1, 0.15) is 0 Å². The molecule has 0 amide bonds. The zero-order valence-corrected chi connectivity index (χ0v) is 12.3. The first-order valence-corrected chi connectivity index (χ1v) is 7.50. The van der Waals surface area contributed by atoms with Gasteiger partial charge in [-0.25, -0.2) is 8.78 Å². The molecule has 2 rings (SSSR count). The second-order valence-corrected chi connectivity index (χ2v) is 5.58. The lowest BCUT2D eigenvalue weighted by Gasteiger charge is -2.15. The van der Waals surface area contributed by atoms with Gasteiger partial charge in [-0.05, 0) is 35.6 Å². The van der Waals surface area contributed by atoms with Gasteiger partial charge in [0.05, 0.1) is 5.38 Å². The van der Waals surface area contributed by atoms with Crippen LogP contribution in [0, 0.1) is 11.6 Å². The van der Waals surface area contributed by atoms with Crippen LogP contribution in [-0.2, 0) is 0 Å². The standard InChI is InChI=1S/C14H10Cl2F2S/c1-19-13-5-3-2-4-8(13)14(16)9-6-11(17)12(18)7-10(9)15/h2-7,14H,1H3. The van der Waals surface area contributed by atoms with Crippen molar-refractivity contribution >= 4 is 35.0 Å². The van der Waals surface area contributed by atoms with Crippen LogP contribution in [0.4, 0.5) is 8.78 Å². The topological polar surface area (TPSA) is 0 Å². The lowest BCUT2D eigenvalue weighted by Crippen LogP contribution is -1.99. The fourth-order valence-corrected chi connectivity index (χ4v) is 3.16. The molecule has 2 aromatic rings. The van der Waals surface area contributed by atoms with E-state index in [1.54, 1.807) is 0 Å². The molecule has 0 heterocycles. The van der Waals surface area contributed by atoms with Gasteiger partial charge in [-0.1, -0.05) is 29.8 Å². The Morgan fingerprint density at radius 3 is 2.37 bits per heavy atom. The largest absolute Gasteiger partial charge is 0.204 e. The maximum absolute atomic E-state index is 13.3. The first kappa shape index (κ1) is 14.6. The fraction of sp³-hybridized carbons (Fsp3) is 0.143. The van der Waals surface area contributed by atoms with Crippen molar-refractivity contribution in [3.8, 4) is 0 Å². The SMILES string of the molecule is CSc1ccccc1C(Cl)c1cc(F)c(F)cc1Cl. The van der Waals surface area contributed by atoms with E-state index in [1.807, 2.05) is 30.5 Å². The second-order valence-electron chi connectivity index (χ2n) is 3.89. The van der Waals surface area contributed by atoms with Gasteiger partial charge in [0.2, 0.25) is 0 Å². The summed E-state index contributed by atoms with van der Waals surface area (Å²) < 4.78 is 26.4. The van der Waals surface area contributed by atoms with E-state index in [4.69, 9.17) is 23.2 Å². The minimum atomic E-state index is -0.976. The van der Waals surface area contributed by atoms with Crippen molar-refractivity contribution in [3.05, 3.63) is 64.2 Å². The minimum Gasteiger partial charge on any atom is -0.204 e. The van der Waals surface area contributed by atoms with E-state index in [0.717, 1.165) is 22.6 Å².